The molecule has 5 rings (SSSR count). The number of aromatic nitrogens is 2. The van der Waals surface area contributed by atoms with Crippen molar-refractivity contribution in [1.82, 2.24) is 19.2 Å². The van der Waals surface area contributed by atoms with Gasteiger partial charge in [-0.2, -0.15) is 4.37 Å². The zero-order chi connectivity index (χ0) is 19.1. The van der Waals surface area contributed by atoms with Crippen LogP contribution in [0.3, 0.4) is 0 Å². The lowest BCUT2D eigenvalue weighted by molar-refractivity contribution is 0.0705. The van der Waals surface area contributed by atoms with Gasteiger partial charge in [-0.1, -0.05) is 12.1 Å². The lowest BCUT2D eigenvalue weighted by Gasteiger charge is -2.36. The molecule has 1 amide bonds. The highest BCUT2D eigenvalue weighted by atomic mass is 32.1. The van der Waals surface area contributed by atoms with Crippen LogP contribution in [-0.2, 0) is 6.42 Å². The lowest BCUT2D eigenvalue weighted by Crippen LogP contribution is -2.49. The largest absolute Gasteiger partial charge is 0.445 e. The summed E-state index contributed by atoms with van der Waals surface area (Å²) < 4.78 is 11.4. The summed E-state index contributed by atoms with van der Waals surface area (Å²) in [6.07, 6.45) is 0.757. The van der Waals surface area contributed by atoms with Crippen molar-refractivity contribution in [3.63, 3.8) is 0 Å². The fourth-order valence-corrected chi connectivity index (χ4v) is 4.85. The topological polar surface area (TPSA) is 65.7 Å². The molecule has 1 saturated heterocycles. The molecule has 8 heteroatoms. The summed E-state index contributed by atoms with van der Waals surface area (Å²) in [7, 11) is 0. The van der Waals surface area contributed by atoms with Crippen LogP contribution in [0, 0.1) is 6.92 Å². The van der Waals surface area contributed by atoms with E-state index in [1.807, 2.05) is 4.90 Å². The molecule has 0 N–H and O–H groups in total. The minimum absolute atomic E-state index is 0.00526. The van der Waals surface area contributed by atoms with Crippen LogP contribution in [0.5, 0.6) is 0 Å². The molecular weight excluding hydrogens is 374 g/mol. The van der Waals surface area contributed by atoms with E-state index in [4.69, 9.17) is 4.42 Å². The molecule has 2 aliphatic rings. The second kappa shape index (κ2) is 7.18. The number of oxazole rings is 1. The van der Waals surface area contributed by atoms with Gasteiger partial charge in [0.2, 0.25) is 0 Å². The fraction of sp³-hybridized carbons (Fsp3) is 0.450. The van der Waals surface area contributed by atoms with E-state index in [0.29, 0.717) is 18.1 Å². The molecule has 0 saturated carbocycles. The molecule has 1 aromatic carbocycles. The van der Waals surface area contributed by atoms with Gasteiger partial charge in [0.15, 0.2) is 11.6 Å². The van der Waals surface area contributed by atoms with Gasteiger partial charge >= 0.3 is 0 Å². The molecule has 28 heavy (non-hydrogen) atoms. The number of carbonyl (C=O) groups excluding carboxylic acids is 1. The van der Waals surface area contributed by atoms with E-state index in [1.165, 1.54) is 10.1 Å². The Morgan fingerprint density at radius 1 is 1.11 bits per heavy atom. The minimum atomic E-state index is 0.00526. The standard InChI is InChI=1S/C20H23N5O2S/c1-14-21-18-16(27-14)6-7-25(20(18)26)13-10-23-8-11-24(12-9-23)19-15-4-2-3-5-17(15)28-22-19/h2-5H,6-13H2,1H3. The average molecular weight is 398 g/mol. The normalized spacial score (nSPS) is 18.1. The molecule has 1 fully saturated rings. The summed E-state index contributed by atoms with van der Waals surface area (Å²) in [4.78, 5) is 23.6. The first-order chi connectivity index (χ1) is 13.7. The van der Waals surface area contributed by atoms with Gasteiger partial charge in [-0.05, 0) is 23.7 Å². The Bertz CT molecular complexity index is 1010. The molecule has 0 unspecified atom stereocenters. The Hall–Kier alpha value is -2.45. The van der Waals surface area contributed by atoms with Gasteiger partial charge in [0.05, 0.1) is 4.70 Å². The van der Waals surface area contributed by atoms with Gasteiger partial charge in [-0.25, -0.2) is 4.98 Å². The first kappa shape index (κ1) is 17.6. The van der Waals surface area contributed by atoms with Crippen molar-refractivity contribution in [1.29, 1.82) is 0 Å². The predicted octanol–water partition coefficient (Wildman–Crippen LogP) is 2.41. The molecule has 2 aromatic heterocycles. The summed E-state index contributed by atoms with van der Waals surface area (Å²) in [5.41, 5.74) is 0.504. The molecule has 0 spiro atoms. The Labute approximate surface area is 167 Å². The first-order valence-corrected chi connectivity index (χ1v) is 10.5. The van der Waals surface area contributed by atoms with Gasteiger partial charge in [-0.15, -0.1) is 0 Å². The summed E-state index contributed by atoms with van der Waals surface area (Å²) in [6.45, 7) is 8.05. The number of hydrogen-bond donors (Lipinski definition) is 0. The predicted molar refractivity (Wildman–Crippen MR) is 109 cm³/mol. The third-order valence-corrected chi connectivity index (χ3v) is 6.44. The van der Waals surface area contributed by atoms with Gasteiger partial charge in [0.1, 0.15) is 11.6 Å². The third kappa shape index (κ3) is 3.16. The van der Waals surface area contributed by atoms with E-state index < -0.39 is 0 Å². The number of nitrogens with zero attached hydrogens (tertiary/aromatic N) is 5. The van der Waals surface area contributed by atoms with Crippen molar-refractivity contribution in [2.75, 3.05) is 50.7 Å². The van der Waals surface area contributed by atoms with E-state index >= 15 is 0 Å². The second-order valence-electron chi connectivity index (χ2n) is 7.38. The van der Waals surface area contributed by atoms with Crippen LogP contribution in [-0.4, -0.2) is 70.9 Å². The van der Waals surface area contributed by atoms with Crippen LogP contribution in [0.2, 0.25) is 0 Å². The number of aryl methyl sites for hydroxylation is 1. The van der Waals surface area contributed by atoms with E-state index in [2.05, 4.69) is 43.4 Å². The Morgan fingerprint density at radius 2 is 1.93 bits per heavy atom. The van der Waals surface area contributed by atoms with E-state index in [9.17, 15) is 4.79 Å². The van der Waals surface area contributed by atoms with Crippen LogP contribution >= 0.6 is 11.5 Å². The van der Waals surface area contributed by atoms with Crippen LogP contribution in [0.15, 0.2) is 28.7 Å². The molecule has 0 radical (unpaired) electrons. The molecule has 3 aromatic rings. The SMILES string of the molecule is Cc1nc2c(o1)CCN(CCN1CCN(c3nsc4ccccc34)CC1)C2=O. The fourth-order valence-electron chi connectivity index (χ4n) is 4.05. The van der Waals surface area contributed by atoms with Crippen molar-refractivity contribution in [3.05, 3.63) is 41.6 Å². The number of amides is 1. The highest BCUT2D eigenvalue weighted by Gasteiger charge is 2.29. The molecular formula is C20H23N5O2S. The van der Waals surface area contributed by atoms with Crippen molar-refractivity contribution < 1.29 is 9.21 Å². The van der Waals surface area contributed by atoms with Crippen molar-refractivity contribution in [2.45, 2.75) is 13.3 Å². The van der Waals surface area contributed by atoms with Gasteiger partial charge in [-0.3, -0.25) is 9.69 Å². The van der Waals surface area contributed by atoms with Crippen molar-refractivity contribution >= 4 is 33.3 Å². The van der Waals surface area contributed by atoms with Crippen LogP contribution in [0.25, 0.3) is 10.1 Å². The smallest absolute Gasteiger partial charge is 0.276 e. The monoisotopic (exact) mass is 397 g/mol. The maximum Gasteiger partial charge on any atom is 0.276 e. The zero-order valence-corrected chi connectivity index (χ0v) is 16.7. The number of hydrogen-bond acceptors (Lipinski definition) is 7. The minimum Gasteiger partial charge on any atom is -0.445 e. The zero-order valence-electron chi connectivity index (χ0n) is 15.9. The first-order valence-electron chi connectivity index (χ1n) is 9.76. The quantitative estimate of drug-likeness (QED) is 0.674. The molecule has 7 nitrogen and oxygen atoms in total. The van der Waals surface area contributed by atoms with Crippen LogP contribution < -0.4 is 4.90 Å². The highest BCUT2D eigenvalue weighted by molar-refractivity contribution is 7.13. The number of rotatable bonds is 4. The molecule has 0 aliphatic carbocycles. The van der Waals surface area contributed by atoms with Gasteiger partial charge in [0, 0.05) is 64.5 Å². The third-order valence-electron chi connectivity index (χ3n) is 5.62. The molecule has 2 aliphatic heterocycles. The maximum absolute atomic E-state index is 12.6. The Kier molecular flexibility index (Phi) is 4.52. The van der Waals surface area contributed by atoms with E-state index in [-0.39, 0.29) is 5.91 Å². The number of piperazine rings is 1. The molecule has 0 atom stereocenters. The van der Waals surface area contributed by atoms with Crippen molar-refractivity contribution in [2.24, 2.45) is 0 Å². The Morgan fingerprint density at radius 3 is 2.79 bits per heavy atom. The molecule has 4 heterocycles. The average Bonchev–Trinajstić information content (AvgIpc) is 3.31. The lowest BCUT2D eigenvalue weighted by atomic mass is 10.1. The highest BCUT2D eigenvalue weighted by Crippen LogP contribution is 2.29. The van der Waals surface area contributed by atoms with E-state index in [1.54, 1.807) is 18.5 Å². The summed E-state index contributed by atoms with van der Waals surface area (Å²) >= 11 is 1.57. The van der Waals surface area contributed by atoms with Gasteiger partial charge < -0.3 is 14.2 Å². The van der Waals surface area contributed by atoms with Crippen LogP contribution in [0.4, 0.5) is 5.82 Å². The number of benzene rings is 1. The van der Waals surface area contributed by atoms with Crippen molar-refractivity contribution in [3.8, 4) is 0 Å². The summed E-state index contributed by atoms with van der Waals surface area (Å²) in [5, 5.41) is 1.25. The molecule has 0 bridgehead atoms. The number of anilines is 1. The maximum atomic E-state index is 12.6. The van der Waals surface area contributed by atoms with Crippen LogP contribution in [0.1, 0.15) is 22.1 Å². The molecule has 146 valence electrons. The summed E-state index contributed by atoms with van der Waals surface area (Å²) in [6, 6.07) is 8.42. The number of carbonyl (C=O) groups is 1. The van der Waals surface area contributed by atoms with Gasteiger partial charge in [0.25, 0.3) is 5.91 Å². The second-order valence-corrected chi connectivity index (χ2v) is 8.18. The number of fused-ring (bicyclic) bond motifs is 2. The van der Waals surface area contributed by atoms with E-state index in [0.717, 1.165) is 57.3 Å². The Balaban J connectivity index is 1.17. The summed E-state index contributed by atoms with van der Waals surface area (Å²) in [5.74, 6) is 2.43.